The SMILES string of the molecule is O=C(Oc1cccc2cccc(-c3cccc(C(=O)O)c3F)c12)c1ccccc1. The molecule has 0 heterocycles. The number of hydrogen-bond acceptors (Lipinski definition) is 3. The van der Waals surface area contributed by atoms with Gasteiger partial charge in [0, 0.05) is 10.9 Å². The molecule has 4 aromatic carbocycles. The molecule has 0 radical (unpaired) electrons. The Hall–Kier alpha value is -3.99. The van der Waals surface area contributed by atoms with Crippen LogP contribution >= 0.6 is 0 Å². The van der Waals surface area contributed by atoms with Crippen molar-refractivity contribution in [1.29, 1.82) is 0 Å². The van der Waals surface area contributed by atoms with Crippen molar-refractivity contribution in [2.75, 3.05) is 0 Å². The molecule has 0 aliphatic carbocycles. The summed E-state index contributed by atoms with van der Waals surface area (Å²) in [6, 6.07) is 23.2. The van der Waals surface area contributed by atoms with Gasteiger partial charge in [0.2, 0.25) is 0 Å². The Labute approximate surface area is 165 Å². The summed E-state index contributed by atoms with van der Waals surface area (Å²) in [4.78, 5) is 23.9. The van der Waals surface area contributed by atoms with Crippen LogP contribution in [0.25, 0.3) is 21.9 Å². The molecule has 0 saturated carbocycles. The molecule has 0 spiro atoms. The van der Waals surface area contributed by atoms with Gasteiger partial charge in [0.05, 0.1) is 11.1 Å². The van der Waals surface area contributed by atoms with E-state index in [-0.39, 0.29) is 11.3 Å². The molecule has 0 amide bonds. The average Bonchev–Trinajstić information content (AvgIpc) is 2.74. The molecule has 0 aliphatic heterocycles. The summed E-state index contributed by atoms with van der Waals surface area (Å²) in [6.07, 6.45) is 0. The van der Waals surface area contributed by atoms with E-state index < -0.39 is 23.3 Å². The first-order valence-electron chi connectivity index (χ1n) is 8.87. The third-order valence-electron chi connectivity index (χ3n) is 4.60. The van der Waals surface area contributed by atoms with E-state index in [2.05, 4.69) is 0 Å². The lowest BCUT2D eigenvalue weighted by Gasteiger charge is -2.13. The molecule has 0 aromatic heterocycles. The van der Waals surface area contributed by atoms with Crippen LogP contribution < -0.4 is 4.74 Å². The number of fused-ring (bicyclic) bond motifs is 1. The fraction of sp³-hybridized carbons (Fsp3) is 0. The highest BCUT2D eigenvalue weighted by atomic mass is 19.1. The van der Waals surface area contributed by atoms with Crippen LogP contribution in [-0.4, -0.2) is 17.0 Å². The van der Waals surface area contributed by atoms with E-state index in [1.165, 1.54) is 18.2 Å². The van der Waals surface area contributed by atoms with E-state index in [4.69, 9.17) is 4.74 Å². The minimum absolute atomic E-state index is 0.124. The predicted octanol–water partition coefficient (Wildman–Crippen LogP) is 5.56. The molecule has 0 saturated heterocycles. The van der Waals surface area contributed by atoms with Crippen LogP contribution in [-0.2, 0) is 0 Å². The fourth-order valence-corrected chi connectivity index (χ4v) is 3.25. The van der Waals surface area contributed by atoms with E-state index in [9.17, 15) is 19.1 Å². The minimum atomic E-state index is -1.35. The van der Waals surface area contributed by atoms with Crippen LogP contribution in [0.15, 0.2) is 84.9 Å². The zero-order valence-corrected chi connectivity index (χ0v) is 15.1. The Morgan fingerprint density at radius 1 is 0.759 bits per heavy atom. The number of esters is 1. The van der Waals surface area contributed by atoms with Crippen LogP contribution in [0.2, 0.25) is 0 Å². The minimum Gasteiger partial charge on any atom is -0.478 e. The van der Waals surface area contributed by atoms with Crippen LogP contribution in [0.5, 0.6) is 5.75 Å². The smallest absolute Gasteiger partial charge is 0.343 e. The van der Waals surface area contributed by atoms with Crippen LogP contribution in [0.1, 0.15) is 20.7 Å². The Bertz CT molecular complexity index is 1230. The van der Waals surface area contributed by atoms with Gasteiger partial charge in [-0.25, -0.2) is 14.0 Å². The number of ether oxygens (including phenoxy) is 1. The molecule has 1 N–H and O–H groups in total. The van der Waals surface area contributed by atoms with Crippen molar-refractivity contribution < 1.29 is 23.8 Å². The largest absolute Gasteiger partial charge is 0.478 e. The third-order valence-corrected chi connectivity index (χ3v) is 4.60. The molecule has 0 fully saturated rings. The highest BCUT2D eigenvalue weighted by Crippen LogP contribution is 2.37. The van der Waals surface area contributed by atoms with E-state index in [0.717, 1.165) is 5.39 Å². The quantitative estimate of drug-likeness (QED) is 0.368. The summed E-state index contributed by atoms with van der Waals surface area (Å²) in [5.74, 6) is -2.45. The second kappa shape index (κ2) is 7.56. The number of carboxylic acids is 1. The van der Waals surface area contributed by atoms with Gasteiger partial charge in [0.25, 0.3) is 0 Å². The number of rotatable bonds is 4. The van der Waals surface area contributed by atoms with Gasteiger partial charge in [0.15, 0.2) is 0 Å². The molecular formula is C24H15FO4. The Morgan fingerprint density at radius 3 is 2.14 bits per heavy atom. The zero-order chi connectivity index (χ0) is 20.4. The number of benzene rings is 4. The van der Waals surface area contributed by atoms with Gasteiger partial charge >= 0.3 is 11.9 Å². The number of halogens is 1. The molecule has 5 heteroatoms. The Kier molecular flexibility index (Phi) is 4.79. The van der Waals surface area contributed by atoms with Gasteiger partial charge in [-0.3, -0.25) is 0 Å². The number of carboxylic acid groups (broad SMARTS) is 1. The second-order valence-corrected chi connectivity index (χ2v) is 6.39. The van der Waals surface area contributed by atoms with Crippen LogP contribution in [0.4, 0.5) is 4.39 Å². The summed E-state index contributed by atoms with van der Waals surface area (Å²) in [5, 5.41) is 10.5. The number of aromatic carboxylic acids is 1. The monoisotopic (exact) mass is 386 g/mol. The van der Waals surface area contributed by atoms with Crippen molar-refractivity contribution in [3.8, 4) is 16.9 Å². The maximum atomic E-state index is 14.9. The fourth-order valence-electron chi connectivity index (χ4n) is 3.25. The molecule has 0 bridgehead atoms. The molecule has 4 aromatic rings. The lowest BCUT2D eigenvalue weighted by Crippen LogP contribution is -2.08. The summed E-state index contributed by atoms with van der Waals surface area (Å²) in [6.45, 7) is 0. The summed E-state index contributed by atoms with van der Waals surface area (Å²) in [7, 11) is 0. The molecular weight excluding hydrogens is 371 g/mol. The van der Waals surface area contributed by atoms with Crippen molar-refractivity contribution in [3.05, 3.63) is 102 Å². The van der Waals surface area contributed by atoms with Crippen molar-refractivity contribution in [1.82, 2.24) is 0 Å². The van der Waals surface area contributed by atoms with Gasteiger partial charge in [-0.1, -0.05) is 60.7 Å². The van der Waals surface area contributed by atoms with Gasteiger partial charge in [0.1, 0.15) is 11.6 Å². The third kappa shape index (κ3) is 3.46. The van der Waals surface area contributed by atoms with Crippen molar-refractivity contribution in [2.45, 2.75) is 0 Å². The Morgan fingerprint density at radius 2 is 1.41 bits per heavy atom. The van der Waals surface area contributed by atoms with Crippen LogP contribution in [0, 0.1) is 5.82 Å². The van der Waals surface area contributed by atoms with Gasteiger partial charge in [-0.15, -0.1) is 0 Å². The molecule has 0 atom stereocenters. The maximum absolute atomic E-state index is 14.9. The second-order valence-electron chi connectivity index (χ2n) is 6.39. The summed E-state index contributed by atoms with van der Waals surface area (Å²) in [5.41, 5.74) is 0.539. The molecule has 0 aliphatic rings. The number of carbonyl (C=O) groups excluding carboxylic acids is 1. The predicted molar refractivity (Wildman–Crippen MR) is 108 cm³/mol. The first-order valence-corrected chi connectivity index (χ1v) is 8.87. The van der Waals surface area contributed by atoms with E-state index in [1.54, 1.807) is 54.6 Å². The normalized spacial score (nSPS) is 10.7. The average molecular weight is 386 g/mol. The number of carbonyl (C=O) groups is 2. The molecule has 142 valence electrons. The molecule has 29 heavy (non-hydrogen) atoms. The van der Waals surface area contributed by atoms with Gasteiger partial charge < -0.3 is 9.84 Å². The molecule has 4 nitrogen and oxygen atoms in total. The van der Waals surface area contributed by atoms with E-state index in [1.807, 2.05) is 12.1 Å². The van der Waals surface area contributed by atoms with Gasteiger partial charge in [-0.2, -0.15) is 0 Å². The summed E-state index contributed by atoms with van der Waals surface area (Å²) < 4.78 is 20.5. The highest BCUT2D eigenvalue weighted by Gasteiger charge is 2.19. The Balaban J connectivity index is 1.88. The topological polar surface area (TPSA) is 63.6 Å². The standard InChI is InChI=1S/C24H15FO4/c25-22-18(12-6-13-19(22)23(26)27)17-11-4-9-15-10-5-14-20(21(15)17)29-24(28)16-7-2-1-3-8-16/h1-14H,(H,26,27). The molecule has 0 unspecified atom stereocenters. The van der Waals surface area contributed by atoms with Crippen molar-refractivity contribution >= 4 is 22.7 Å². The first kappa shape index (κ1) is 18.4. The highest BCUT2D eigenvalue weighted by molar-refractivity contribution is 6.04. The van der Waals surface area contributed by atoms with Crippen molar-refractivity contribution in [2.24, 2.45) is 0 Å². The lowest BCUT2D eigenvalue weighted by molar-refractivity contribution is 0.0690. The number of hydrogen-bond donors (Lipinski definition) is 1. The zero-order valence-electron chi connectivity index (χ0n) is 15.1. The van der Waals surface area contributed by atoms with E-state index in [0.29, 0.717) is 16.5 Å². The van der Waals surface area contributed by atoms with Crippen LogP contribution in [0.3, 0.4) is 0 Å². The lowest BCUT2D eigenvalue weighted by atomic mass is 9.95. The van der Waals surface area contributed by atoms with Crippen molar-refractivity contribution in [3.63, 3.8) is 0 Å². The maximum Gasteiger partial charge on any atom is 0.343 e. The molecule has 4 rings (SSSR count). The first-order chi connectivity index (χ1) is 14.1. The summed E-state index contributed by atoms with van der Waals surface area (Å²) >= 11 is 0. The van der Waals surface area contributed by atoms with Gasteiger partial charge in [-0.05, 0) is 35.2 Å². The van der Waals surface area contributed by atoms with E-state index >= 15 is 0 Å².